The standard InChI is InChI=1S/C17H27NO/c1-3-17(11-5-6-12-17)14-18-13-15-7-9-16(10-8-15)19-4-2/h7-10,18H,3-6,11-14H2,1-2H3. The predicted octanol–water partition coefficient (Wildman–Crippen LogP) is 4.15. The second kappa shape index (κ2) is 6.95. The van der Waals surface area contributed by atoms with Gasteiger partial charge in [0, 0.05) is 13.1 Å². The van der Waals surface area contributed by atoms with Crippen LogP contribution in [0.25, 0.3) is 0 Å². The highest BCUT2D eigenvalue weighted by Gasteiger charge is 2.31. The average Bonchev–Trinajstić information content (AvgIpc) is 2.91. The molecule has 1 N–H and O–H groups in total. The van der Waals surface area contributed by atoms with Gasteiger partial charge in [-0.2, -0.15) is 0 Å². The van der Waals surface area contributed by atoms with Crippen LogP contribution in [0.4, 0.5) is 0 Å². The predicted molar refractivity (Wildman–Crippen MR) is 80.5 cm³/mol. The molecule has 2 rings (SSSR count). The van der Waals surface area contributed by atoms with Gasteiger partial charge >= 0.3 is 0 Å². The fourth-order valence-corrected chi connectivity index (χ4v) is 3.12. The van der Waals surface area contributed by atoms with Gasteiger partial charge in [-0.3, -0.25) is 0 Å². The van der Waals surface area contributed by atoms with E-state index in [0.717, 1.165) is 25.4 Å². The van der Waals surface area contributed by atoms with Crippen molar-refractivity contribution in [2.24, 2.45) is 5.41 Å². The molecule has 0 amide bonds. The van der Waals surface area contributed by atoms with Crippen molar-refractivity contribution >= 4 is 0 Å². The molecule has 0 radical (unpaired) electrons. The summed E-state index contributed by atoms with van der Waals surface area (Å²) >= 11 is 0. The summed E-state index contributed by atoms with van der Waals surface area (Å²) in [5.74, 6) is 0.965. The minimum Gasteiger partial charge on any atom is -0.494 e. The zero-order valence-corrected chi connectivity index (χ0v) is 12.4. The van der Waals surface area contributed by atoms with Gasteiger partial charge in [-0.1, -0.05) is 31.9 Å². The number of hydrogen-bond donors (Lipinski definition) is 1. The van der Waals surface area contributed by atoms with E-state index in [-0.39, 0.29) is 0 Å². The molecule has 1 saturated carbocycles. The highest BCUT2D eigenvalue weighted by atomic mass is 16.5. The first-order chi connectivity index (χ1) is 9.28. The van der Waals surface area contributed by atoms with Crippen LogP contribution in [0.3, 0.4) is 0 Å². The van der Waals surface area contributed by atoms with Crippen LogP contribution in [0.2, 0.25) is 0 Å². The van der Waals surface area contributed by atoms with Gasteiger partial charge in [-0.15, -0.1) is 0 Å². The van der Waals surface area contributed by atoms with Crippen LogP contribution in [-0.2, 0) is 6.54 Å². The molecule has 0 spiro atoms. The Morgan fingerprint density at radius 3 is 2.37 bits per heavy atom. The third-order valence-corrected chi connectivity index (χ3v) is 4.48. The summed E-state index contributed by atoms with van der Waals surface area (Å²) in [6.07, 6.45) is 6.94. The second-order valence-corrected chi connectivity index (χ2v) is 5.74. The first-order valence-electron chi connectivity index (χ1n) is 7.70. The molecule has 0 atom stereocenters. The molecule has 2 heteroatoms. The van der Waals surface area contributed by atoms with Crippen molar-refractivity contribution in [1.82, 2.24) is 5.32 Å². The lowest BCUT2D eigenvalue weighted by molar-refractivity contribution is 0.268. The summed E-state index contributed by atoms with van der Waals surface area (Å²) in [6, 6.07) is 8.44. The first kappa shape index (κ1) is 14.4. The maximum Gasteiger partial charge on any atom is 0.119 e. The Hall–Kier alpha value is -1.02. The fourth-order valence-electron chi connectivity index (χ4n) is 3.12. The summed E-state index contributed by atoms with van der Waals surface area (Å²) in [6.45, 7) is 7.21. The Labute approximate surface area is 117 Å². The Morgan fingerprint density at radius 2 is 1.79 bits per heavy atom. The van der Waals surface area contributed by atoms with Crippen LogP contribution in [-0.4, -0.2) is 13.2 Å². The zero-order chi connectivity index (χ0) is 13.6. The van der Waals surface area contributed by atoms with Crippen molar-refractivity contribution in [3.63, 3.8) is 0 Å². The minimum atomic E-state index is 0.575. The van der Waals surface area contributed by atoms with E-state index < -0.39 is 0 Å². The molecule has 2 nitrogen and oxygen atoms in total. The lowest BCUT2D eigenvalue weighted by atomic mass is 9.83. The largest absolute Gasteiger partial charge is 0.494 e. The topological polar surface area (TPSA) is 21.3 Å². The molecule has 0 unspecified atom stereocenters. The van der Waals surface area contributed by atoms with E-state index in [4.69, 9.17) is 4.74 Å². The molecular weight excluding hydrogens is 234 g/mol. The van der Waals surface area contributed by atoms with E-state index in [1.807, 2.05) is 6.92 Å². The quantitative estimate of drug-likeness (QED) is 0.796. The summed E-state index contributed by atoms with van der Waals surface area (Å²) in [4.78, 5) is 0. The Morgan fingerprint density at radius 1 is 1.11 bits per heavy atom. The molecule has 1 aromatic rings. The first-order valence-corrected chi connectivity index (χ1v) is 7.70. The maximum atomic E-state index is 5.46. The molecular formula is C17H27NO. The second-order valence-electron chi connectivity index (χ2n) is 5.74. The van der Waals surface area contributed by atoms with E-state index in [0.29, 0.717) is 5.41 Å². The third kappa shape index (κ3) is 3.97. The normalized spacial score (nSPS) is 17.6. The molecule has 1 aliphatic carbocycles. The zero-order valence-electron chi connectivity index (χ0n) is 12.4. The van der Waals surface area contributed by atoms with E-state index in [2.05, 4.69) is 36.5 Å². The summed E-state index contributed by atoms with van der Waals surface area (Å²) < 4.78 is 5.46. The molecule has 106 valence electrons. The molecule has 0 saturated heterocycles. The number of benzene rings is 1. The molecule has 0 aliphatic heterocycles. The number of hydrogen-bond acceptors (Lipinski definition) is 2. The molecule has 19 heavy (non-hydrogen) atoms. The highest BCUT2D eigenvalue weighted by Crippen LogP contribution is 2.40. The van der Waals surface area contributed by atoms with Crippen LogP contribution >= 0.6 is 0 Å². The van der Waals surface area contributed by atoms with E-state index >= 15 is 0 Å². The Balaban J connectivity index is 1.78. The monoisotopic (exact) mass is 261 g/mol. The molecule has 0 heterocycles. The van der Waals surface area contributed by atoms with Gasteiger partial charge in [-0.25, -0.2) is 0 Å². The Kier molecular flexibility index (Phi) is 5.26. The van der Waals surface area contributed by atoms with Gasteiger partial charge in [0.15, 0.2) is 0 Å². The van der Waals surface area contributed by atoms with Crippen molar-refractivity contribution in [1.29, 1.82) is 0 Å². The Bertz CT molecular complexity index is 365. The lowest BCUT2D eigenvalue weighted by Crippen LogP contribution is -2.31. The maximum absolute atomic E-state index is 5.46. The van der Waals surface area contributed by atoms with Crippen LogP contribution in [0.5, 0.6) is 5.75 Å². The summed E-state index contributed by atoms with van der Waals surface area (Å²) in [5, 5.41) is 3.65. The number of nitrogens with one attached hydrogen (secondary N) is 1. The third-order valence-electron chi connectivity index (χ3n) is 4.48. The number of rotatable bonds is 7. The molecule has 1 aromatic carbocycles. The molecule has 1 aliphatic rings. The smallest absolute Gasteiger partial charge is 0.119 e. The van der Waals surface area contributed by atoms with E-state index in [1.54, 1.807) is 0 Å². The molecule has 0 bridgehead atoms. The van der Waals surface area contributed by atoms with Gasteiger partial charge in [0.1, 0.15) is 5.75 Å². The highest BCUT2D eigenvalue weighted by molar-refractivity contribution is 5.27. The van der Waals surface area contributed by atoms with Gasteiger partial charge < -0.3 is 10.1 Å². The fraction of sp³-hybridized carbons (Fsp3) is 0.647. The van der Waals surface area contributed by atoms with Crippen molar-refractivity contribution in [2.75, 3.05) is 13.2 Å². The van der Waals surface area contributed by atoms with Crippen molar-refractivity contribution < 1.29 is 4.74 Å². The molecule has 1 fully saturated rings. The van der Waals surface area contributed by atoms with Crippen LogP contribution in [0.15, 0.2) is 24.3 Å². The van der Waals surface area contributed by atoms with Crippen LogP contribution in [0, 0.1) is 5.41 Å². The summed E-state index contributed by atoms with van der Waals surface area (Å²) in [7, 11) is 0. The van der Waals surface area contributed by atoms with Crippen LogP contribution in [0.1, 0.15) is 51.5 Å². The van der Waals surface area contributed by atoms with Crippen molar-refractivity contribution in [3.8, 4) is 5.75 Å². The van der Waals surface area contributed by atoms with E-state index in [9.17, 15) is 0 Å². The van der Waals surface area contributed by atoms with Gasteiger partial charge in [0.2, 0.25) is 0 Å². The minimum absolute atomic E-state index is 0.575. The van der Waals surface area contributed by atoms with Gasteiger partial charge in [0.25, 0.3) is 0 Å². The molecule has 0 aromatic heterocycles. The average molecular weight is 261 g/mol. The number of ether oxygens (including phenoxy) is 1. The SMILES string of the molecule is CCOc1ccc(CNCC2(CC)CCCC2)cc1. The summed E-state index contributed by atoms with van der Waals surface area (Å²) in [5.41, 5.74) is 1.92. The van der Waals surface area contributed by atoms with Gasteiger partial charge in [0.05, 0.1) is 6.61 Å². The lowest BCUT2D eigenvalue weighted by Gasteiger charge is -2.27. The van der Waals surface area contributed by atoms with Crippen LogP contribution < -0.4 is 10.1 Å². The van der Waals surface area contributed by atoms with Crippen molar-refractivity contribution in [3.05, 3.63) is 29.8 Å². The van der Waals surface area contributed by atoms with Crippen molar-refractivity contribution in [2.45, 2.75) is 52.5 Å². The van der Waals surface area contributed by atoms with Gasteiger partial charge in [-0.05, 0) is 49.3 Å². The van der Waals surface area contributed by atoms with E-state index in [1.165, 1.54) is 37.7 Å².